The van der Waals surface area contributed by atoms with E-state index < -0.39 is 102 Å². The van der Waals surface area contributed by atoms with Gasteiger partial charge in [0.1, 0.15) is 36.4 Å². The SMILES string of the molecule is CC(C)[C@H](NC(=O)CCOCCOCCN1C(=O)CC([S-])C1=O)C(=O)C[C@@H](CCCNC(N)=O)C(=O)Nc1ccc(COC(=O)N(C)CCN(C)C(=O)Oc2cc3c(c4ccccc24)[C@H](CCl)CN3C(=O)c2ccc(C(=O)N3C[C@@H](CCl)c4c3cc(O[C@@H]3OC(C(=O)O)[C@@H](O)C(O)[C@@H]3O)c3ccccc43)s2)cc1.[Y]. The molecular weight excluding hydrogens is 1570 g/mol. The zero-order valence-electron chi connectivity index (χ0n) is 60.0. The smallest absolute Gasteiger partial charge is 0.415 e. The summed E-state index contributed by atoms with van der Waals surface area (Å²) in [6.45, 7) is 4.24. The molecule has 109 heavy (non-hydrogen) atoms. The summed E-state index contributed by atoms with van der Waals surface area (Å²) in [4.78, 5) is 152. The number of fused-ring (bicyclic) bond motifs is 6. The molecule has 4 aliphatic heterocycles. The Bertz CT molecular complexity index is 4370. The maximum atomic E-state index is 14.8. The number of carboxylic acids is 1. The van der Waals surface area contributed by atoms with E-state index in [-0.39, 0.29) is 193 Å². The number of primary amides is 1. The third kappa shape index (κ3) is 20.3. The number of carbonyl (C=O) groups excluding carboxylic acids is 10. The third-order valence-corrected chi connectivity index (χ3v) is 21.2. The fourth-order valence-corrected chi connectivity index (χ4v) is 14.9. The van der Waals surface area contributed by atoms with Crippen LogP contribution in [0.4, 0.5) is 31.4 Å². The van der Waals surface area contributed by atoms with Crippen LogP contribution in [0.15, 0.2) is 97.1 Å². The van der Waals surface area contributed by atoms with E-state index in [4.69, 9.17) is 70.0 Å². The first-order valence-electron chi connectivity index (χ1n) is 35.0. The van der Waals surface area contributed by atoms with Gasteiger partial charge in [0.2, 0.25) is 29.9 Å². The van der Waals surface area contributed by atoms with Gasteiger partial charge in [0.15, 0.2) is 11.9 Å². The molecule has 30 nitrogen and oxygen atoms in total. The summed E-state index contributed by atoms with van der Waals surface area (Å²) < 4.78 is 34.2. The van der Waals surface area contributed by atoms with Gasteiger partial charge in [-0.25, -0.2) is 19.2 Å². The number of nitrogens with zero attached hydrogens (tertiary/aromatic N) is 5. The second-order valence-electron chi connectivity index (χ2n) is 26.8. The molecule has 3 unspecified atom stereocenters. The molecule has 0 aliphatic carbocycles. The molecule has 10 atom stereocenters. The van der Waals surface area contributed by atoms with Gasteiger partial charge >= 0.3 is 24.2 Å². The van der Waals surface area contributed by atoms with Gasteiger partial charge < -0.3 is 103 Å². The molecule has 2 saturated heterocycles. The Morgan fingerprint density at radius 1 is 0.734 bits per heavy atom. The van der Waals surface area contributed by atoms with E-state index in [0.29, 0.717) is 56.2 Å². The van der Waals surface area contributed by atoms with Crippen LogP contribution in [0.1, 0.15) is 93.8 Å². The summed E-state index contributed by atoms with van der Waals surface area (Å²) in [5, 5.41) is 51.2. The number of nitrogens with one attached hydrogen (secondary N) is 3. The van der Waals surface area contributed by atoms with E-state index in [2.05, 4.69) is 16.0 Å². The zero-order valence-corrected chi connectivity index (χ0v) is 66.0. The number of rotatable bonds is 33. The number of hydrogen-bond acceptors (Lipinski definition) is 22. The number of thiophene rings is 1. The standard InChI is InChI=1S/C74H85Cl2N9O21S2.Y/c1-39(2)61(80-57(87)21-26-101-28-29-102-27-25-83-58(88)33-54(107)67(83)93)51(86)30-41(10-9-22-78-72(77)98)66(92)79-44-17-15-40(16-18-44)38-103-73(99)81(3)23-24-82(4)74(100)105-53-32-50-60(48-14-8-6-12-46(48)53)43(35-76)37-85(50)69(95)56-20-19-55(108-56)68(94)84-36-42(34-75)59-47-13-7-5-11-45(47)52(31-49(59)84)104-71-64(91)62(89)63(90)65(106-71)70(96)97;/h5-8,11-20,31-32,39,41-43,54,61-65,71,89-91,107H,9-10,21-30,33-38H2,1-4H3,(H,79,92)(H,80,87)(H,96,97)(H3,77,78,98);/p-1/t41-,42-,43-,54?,61+,62?,63+,64+,65?,71-;/m1./s1. The van der Waals surface area contributed by atoms with Crippen molar-refractivity contribution in [2.45, 2.75) is 106 Å². The van der Waals surface area contributed by atoms with Gasteiger partial charge in [0.25, 0.3) is 11.8 Å². The minimum atomic E-state index is -1.96. The van der Waals surface area contributed by atoms with Crippen LogP contribution in [0.2, 0.25) is 0 Å². The number of aliphatic carboxylic acids is 1. The average molecular weight is 1660 g/mol. The van der Waals surface area contributed by atoms with Crippen LogP contribution in [-0.2, 0) is 99.7 Å². The van der Waals surface area contributed by atoms with Crippen molar-refractivity contribution in [2.24, 2.45) is 17.6 Å². The summed E-state index contributed by atoms with van der Waals surface area (Å²) in [5.41, 5.74) is 8.46. The van der Waals surface area contributed by atoms with Gasteiger partial charge in [-0.1, -0.05) is 79.8 Å². The van der Waals surface area contributed by atoms with E-state index >= 15 is 0 Å². The molecule has 9 N–H and O–H groups in total. The number of alkyl halides is 2. The van der Waals surface area contributed by atoms with E-state index in [9.17, 15) is 73.2 Å². The van der Waals surface area contributed by atoms with Crippen LogP contribution in [-0.4, -0.2) is 234 Å². The Morgan fingerprint density at radius 2 is 1.29 bits per heavy atom. The van der Waals surface area contributed by atoms with Crippen molar-refractivity contribution in [3.05, 3.63) is 124 Å². The van der Waals surface area contributed by atoms with Crippen LogP contribution >= 0.6 is 34.5 Å². The molecule has 1 radical (unpaired) electrons. The van der Waals surface area contributed by atoms with E-state index in [1.54, 1.807) is 92.7 Å². The van der Waals surface area contributed by atoms with Gasteiger partial charge in [-0.15, -0.1) is 34.5 Å². The van der Waals surface area contributed by atoms with Gasteiger partial charge in [-0.2, -0.15) is 0 Å². The number of ketones is 1. The van der Waals surface area contributed by atoms with Crippen LogP contribution in [0, 0.1) is 11.8 Å². The van der Waals surface area contributed by atoms with E-state index in [0.717, 1.165) is 21.8 Å². The van der Waals surface area contributed by atoms with E-state index in [1.807, 2.05) is 12.1 Å². The van der Waals surface area contributed by atoms with Crippen LogP contribution in [0.5, 0.6) is 11.5 Å². The number of aliphatic hydroxyl groups excluding tert-OH is 3. The molecule has 4 aliphatic rings. The molecule has 581 valence electrons. The minimum absolute atomic E-state index is 0. The summed E-state index contributed by atoms with van der Waals surface area (Å²) in [6, 6.07) is 25.2. The topological polar surface area (TPSA) is 402 Å². The second-order valence-corrected chi connectivity index (χ2v) is 29.1. The summed E-state index contributed by atoms with van der Waals surface area (Å²) in [5.74, 6) is -6.14. The Morgan fingerprint density at radius 3 is 1.84 bits per heavy atom. The number of Topliss-reactive ketones (excluding diaryl/α,β-unsaturated/α-hetero) is 1. The zero-order chi connectivity index (χ0) is 77.8. The Labute approximate surface area is 671 Å². The average Bonchev–Trinajstić information content (AvgIpc) is 1.63. The van der Waals surface area contributed by atoms with Gasteiger partial charge in [0.05, 0.1) is 60.1 Å². The van der Waals surface area contributed by atoms with Crippen LogP contribution < -0.4 is 41.0 Å². The molecule has 1 aromatic heterocycles. The maximum Gasteiger partial charge on any atom is 0.415 e. The molecule has 0 bridgehead atoms. The van der Waals surface area contributed by atoms with Crippen molar-refractivity contribution in [1.29, 1.82) is 0 Å². The predicted octanol–water partition coefficient (Wildman–Crippen LogP) is 6.19. The molecule has 10 rings (SSSR count). The number of likely N-dealkylation sites (tertiary alicyclic amines) is 1. The van der Waals surface area contributed by atoms with Crippen molar-refractivity contribution in [2.75, 3.05) is 107 Å². The summed E-state index contributed by atoms with van der Waals surface area (Å²) >= 11 is 19.2. The van der Waals surface area contributed by atoms with Crippen molar-refractivity contribution in [1.82, 2.24) is 25.3 Å². The third-order valence-electron chi connectivity index (χ3n) is 19.1. The monoisotopic (exact) mass is 1660 g/mol. The van der Waals surface area contributed by atoms with Crippen molar-refractivity contribution in [3.63, 3.8) is 0 Å². The van der Waals surface area contributed by atoms with Crippen LogP contribution in [0.25, 0.3) is 21.5 Å². The molecule has 5 aromatic carbocycles. The first-order valence-corrected chi connectivity index (χ1v) is 37.3. The number of likely N-dealkylation sites (N-methyl/N-ethyl adjacent to an activating group) is 2. The number of nitrogens with two attached hydrogens (primary N) is 1. The Hall–Kier alpha value is -8.12. The van der Waals surface area contributed by atoms with Crippen LogP contribution in [0.3, 0.4) is 0 Å². The fraction of sp³-hybridized carbons (Fsp3) is 0.446. The molecule has 35 heteroatoms. The number of halogens is 2. The first-order chi connectivity index (χ1) is 51.7. The molecule has 6 aromatic rings. The number of benzene rings is 5. The number of urea groups is 1. The van der Waals surface area contributed by atoms with Gasteiger partial charge in [-0.3, -0.25) is 38.5 Å². The molecule has 10 amide bonds. The second kappa shape index (κ2) is 38.7. The number of amides is 10. The molecule has 0 spiro atoms. The number of imide groups is 1. The van der Waals surface area contributed by atoms with Gasteiger partial charge in [-0.05, 0) is 70.5 Å². The molecule has 5 heterocycles. The number of carbonyl (C=O) groups is 11. The fourth-order valence-electron chi connectivity index (χ4n) is 13.2. The predicted molar refractivity (Wildman–Crippen MR) is 399 cm³/mol. The molecule has 2 fully saturated rings. The minimum Gasteiger partial charge on any atom is -0.779 e. The maximum absolute atomic E-state index is 14.8. The summed E-state index contributed by atoms with van der Waals surface area (Å²) in [7, 11) is 2.98. The molecular formula is C74H84Cl2N9O21S2Y-. The van der Waals surface area contributed by atoms with Gasteiger partial charge in [0, 0.05) is 157 Å². The normalized spacial score (nSPS) is 19.9. The molecule has 0 saturated carbocycles. The number of aliphatic hydroxyl groups is 3. The van der Waals surface area contributed by atoms with Crippen molar-refractivity contribution >= 4 is 151 Å². The van der Waals surface area contributed by atoms with Crippen molar-refractivity contribution < 1.29 is 134 Å². The number of carboxylic acid groups (broad SMARTS) is 1. The number of anilines is 3. The number of ether oxygens (including phenoxy) is 6. The largest absolute Gasteiger partial charge is 0.779 e. The van der Waals surface area contributed by atoms with Crippen molar-refractivity contribution in [3.8, 4) is 11.5 Å². The summed E-state index contributed by atoms with van der Waals surface area (Å²) in [6.07, 6.45) is -10.8. The Balaban J connectivity index is 0.0000137. The quantitative estimate of drug-likeness (QED) is 0.00985. The number of hydrogen-bond donors (Lipinski definition) is 8. The Kier molecular flexibility index (Phi) is 30.1. The first kappa shape index (κ1) is 84.9. The van der Waals surface area contributed by atoms with E-state index in [1.165, 1.54) is 39.8 Å².